The van der Waals surface area contributed by atoms with Crippen LogP contribution in [0.3, 0.4) is 0 Å². The van der Waals surface area contributed by atoms with Crippen LogP contribution in [0.25, 0.3) is 0 Å². The molecule has 1 aromatic heterocycles. The van der Waals surface area contributed by atoms with E-state index in [0.29, 0.717) is 26.2 Å². The van der Waals surface area contributed by atoms with Crippen molar-refractivity contribution in [3.8, 4) is 0 Å². The topological polar surface area (TPSA) is 65.9 Å². The van der Waals surface area contributed by atoms with Gasteiger partial charge >= 0.3 is 0 Å². The second-order valence-corrected chi connectivity index (χ2v) is 8.36. The van der Waals surface area contributed by atoms with Crippen LogP contribution >= 0.6 is 0 Å². The summed E-state index contributed by atoms with van der Waals surface area (Å²) in [5.41, 5.74) is 4.49. The van der Waals surface area contributed by atoms with Crippen LogP contribution in [0.5, 0.6) is 0 Å². The number of nitrogens with zero attached hydrogens (tertiary/aromatic N) is 4. The van der Waals surface area contributed by atoms with E-state index in [4.69, 9.17) is 0 Å². The van der Waals surface area contributed by atoms with Gasteiger partial charge in [-0.2, -0.15) is 4.31 Å². The Kier molecular flexibility index (Phi) is 4.05. The fourth-order valence-corrected chi connectivity index (χ4v) is 4.20. The molecule has 130 valence electrons. The monoisotopic (exact) mass is 356 g/mol. The number of hydrogen-bond donors (Lipinski definition) is 0. The Balaban J connectivity index is 1.56. The number of pyridine rings is 1. The number of anilines is 1. The number of fused-ring (bicyclic) bond motifs is 1. The van der Waals surface area contributed by atoms with Gasteiger partial charge in [-0.05, 0) is 17.7 Å². The molecule has 0 aliphatic carbocycles. The van der Waals surface area contributed by atoms with Crippen molar-refractivity contribution in [1.29, 1.82) is 0 Å². The molecule has 2 aliphatic heterocycles. The molecule has 0 unspecified atom stereocenters. The van der Waals surface area contributed by atoms with Crippen molar-refractivity contribution >= 4 is 21.6 Å². The lowest BCUT2D eigenvalue weighted by molar-refractivity contribution is 0.387. The summed E-state index contributed by atoms with van der Waals surface area (Å²) in [6.45, 7) is 3.00. The molecular weight excluding hydrogens is 336 g/mol. The molecule has 0 N–H and O–H groups in total. The van der Waals surface area contributed by atoms with E-state index in [2.05, 4.69) is 33.1 Å². The summed E-state index contributed by atoms with van der Waals surface area (Å²) in [4.78, 5) is 11.3. The van der Waals surface area contributed by atoms with Crippen LogP contribution in [0.15, 0.2) is 47.6 Å². The van der Waals surface area contributed by atoms with Gasteiger partial charge in [0.15, 0.2) is 0 Å². The molecule has 2 aliphatic rings. The lowest BCUT2D eigenvalue weighted by Crippen LogP contribution is -2.48. The van der Waals surface area contributed by atoms with E-state index in [-0.39, 0.29) is 0 Å². The Morgan fingerprint density at radius 2 is 1.80 bits per heavy atom. The van der Waals surface area contributed by atoms with Crippen molar-refractivity contribution in [2.45, 2.75) is 6.54 Å². The Bertz CT molecular complexity index is 932. The van der Waals surface area contributed by atoms with E-state index in [0.717, 1.165) is 23.6 Å². The number of aromatic nitrogens is 1. The van der Waals surface area contributed by atoms with Crippen molar-refractivity contribution < 1.29 is 8.42 Å². The molecule has 0 amide bonds. The highest BCUT2D eigenvalue weighted by atomic mass is 32.2. The Hall–Kier alpha value is -2.25. The summed E-state index contributed by atoms with van der Waals surface area (Å²) in [5.74, 6) is 0.873. The first-order chi connectivity index (χ1) is 12.0. The maximum absolute atomic E-state index is 11.7. The van der Waals surface area contributed by atoms with Gasteiger partial charge in [-0.15, -0.1) is 0 Å². The third-order valence-corrected chi connectivity index (χ3v) is 6.03. The van der Waals surface area contributed by atoms with E-state index in [9.17, 15) is 8.42 Å². The number of piperazine rings is 1. The van der Waals surface area contributed by atoms with Gasteiger partial charge in [0.1, 0.15) is 5.82 Å². The molecule has 4 rings (SSSR count). The van der Waals surface area contributed by atoms with Crippen LogP contribution in [0.4, 0.5) is 5.82 Å². The molecule has 7 heteroatoms. The van der Waals surface area contributed by atoms with Crippen molar-refractivity contribution in [3.05, 3.63) is 59.3 Å². The Morgan fingerprint density at radius 1 is 1.04 bits per heavy atom. The third kappa shape index (κ3) is 3.17. The summed E-state index contributed by atoms with van der Waals surface area (Å²) < 4.78 is 24.8. The number of aliphatic imine (C=N–C) groups is 1. The summed E-state index contributed by atoms with van der Waals surface area (Å²) >= 11 is 0. The van der Waals surface area contributed by atoms with Gasteiger partial charge in [0, 0.05) is 43.5 Å². The molecule has 0 radical (unpaired) electrons. The first kappa shape index (κ1) is 16.2. The molecule has 3 heterocycles. The zero-order chi connectivity index (χ0) is 17.4. The van der Waals surface area contributed by atoms with Crippen LogP contribution in [-0.4, -0.2) is 55.9 Å². The quantitative estimate of drug-likeness (QED) is 0.836. The molecule has 6 nitrogen and oxygen atoms in total. The highest BCUT2D eigenvalue weighted by Crippen LogP contribution is 2.24. The zero-order valence-electron chi connectivity index (χ0n) is 14.1. The van der Waals surface area contributed by atoms with E-state index in [1.807, 2.05) is 18.2 Å². The van der Waals surface area contributed by atoms with Crippen molar-refractivity contribution in [2.75, 3.05) is 37.3 Å². The van der Waals surface area contributed by atoms with Crippen molar-refractivity contribution in [3.63, 3.8) is 0 Å². The summed E-state index contributed by atoms with van der Waals surface area (Å²) in [5, 5.41) is 0. The third-order valence-electron chi connectivity index (χ3n) is 4.73. The first-order valence-corrected chi connectivity index (χ1v) is 10.2. The summed E-state index contributed by atoms with van der Waals surface area (Å²) in [6, 6.07) is 12.3. The Labute approximate surface area is 147 Å². The first-order valence-electron chi connectivity index (χ1n) is 8.31. The van der Waals surface area contributed by atoms with Crippen molar-refractivity contribution in [2.24, 2.45) is 4.99 Å². The van der Waals surface area contributed by atoms with Crippen LogP contribution in [0.1, 0.15) is 16.7 Å². The average Bonchev–Trinajstić information content (AvgIpc) is 3.05. The average molecular weight is 356 g/mol. The maximum Gasteiger partial charge on any atom is 0.211 e. The molecular formula is C18H20N4O2S. The van der Waals surface area contributed by atoms with Crippen LogP contribution in [-0.2, 0) is 16.6 Å². The highest BCUT2D eigenvalue weighted by Gasteiger charge is 2.24. The van der Waals surface area contributed by atoms with Gasteiger partial charge in [-0.25, -0.2) is 13.4 Å². The molecule has 0 bridgehead atoms. The van der Waals surface area contributed by atoms with Gasteiger partial charge in [0.2, 0.25) is 10.0 Å². The smallest absolute Gasteiger partial charge is 0.211 e. The molecule has 0 spiro atoms. The SMILES string of the molecule is CS(=O)(=O)N1CCN(c2cc(C3=NCc4ccccc43)ccn2)CC1. The van der Waals surface area contributed by atoms with Gasteiger partial charge < -0.3 is 4.90 Å². The molecule has 0 saturated carbocycles. The minimum atomic E-state index is -3.12. The second kappa shape index (κ2) is 6.24. The van der Waals surface area contributed by atoms with Crippen molar-refractivity contribution in [1.82, 2.24) is 9.29 Å². The number of sulfonamides is 1. The zero-order valence-corrected chi connectivity index (χ0v) is 14.9. The molecule has 1 aromatic carbocycles. The van der Waals surface area contributed by atoms with Gasteiger partial charge in [-0.3, -0.25) is 4.99 Å². The molecule has 1 saturated heterocycles. The van der Waals surface area contributed by atoms with Gasteiger partial charge in [0.25, 0.3) is 0 Å². The van der Waals surface area contributed by atoms with Crippen LogP contribution < -0.4 is 4.90 Å². The predicted octanol–water partition coefficient (Wildman–Crippen LogP) is 1.51. The standard InChI is InChI=1S/C18H20N4O2S/c1-25(23,24)22-10-8-21(9-11-22)17-12-14(6-7-19-17)18-16-5-3-2-4-15(16)13-20-18/h2-7,12H,8-11,13H2,1H3. The van der Waals surface area contributed by atoms with E-state index in [1.165, 1.54) is 21.7 Å². The molecule has 1 fully saturated rings. The van der Waals surface area contributed by atoms with Gasteiger partial charge in [0.05, 0.1) is 18.5 Å². The van der Waals surface area contributed by atoms with E-state index >= 15 is 0 Å². The summed E-state index contributed by atoms with van der Waals surface area (Å²) in [6.07, 6.45) is 3.06. The van der Waals surface area contributed by atoms with E-state index < -0.39 is 10.0 Å². The minimum absolute atomic E-state index is 0.495. The highest BCUT2D eigenvalue weighted by molar-refractivity contribution is 7.88. The minimum Gasteiger partial charge on any atom is -0.354 e. The number of benzene rings is 1. The summed E-state index contributed by atoms with van der Waals surface area (Å²) in [7, 11) is -3.12. The second-order valence-electron chi connectivity index (χ2n) is 6.37. The lowest BCUT2D eigenvalue weighted by atomic mass is 10.0. The predicted molar refractivity (Wildman–Crippen MR) is 98.7 cm³/mol. The molecule has 2 aromatic rings. The molecule has 0 atom stereocenters. The number of hydrogen-bond acceptors (Lipinski definition) is 5. The normalized spacial score (nSPS) is 18.1. The van der Waals surface area contributed by atoms with Gasteiger partial charge in [-0.1, -0.05) is 24.3 Å². The van der Waals surface area contributed by atoms with E-state index in [1.54, 1.807) is 6.20 Å². The molecule has 25 heavy (non-hydrogen) atoms. The van der Waals surface area contributed by atoms with Crippen LogP contribution in [0, 0.1) is 0 Å². The number of rotatable bonds is 3. The fraction of sp³-hybridized carbons (Fsp3) is 0.333. The van der Waals surface area contributed by atoms with Crippen LogP contribution in [0.2, 0.25) is 0 Å². The largest absolute Gasteiger partial charge is 0.354 e. The lowest BCUT2D eigenvalue weighted by Gasteiger charge is -2.34. The Morgan fingerprint density at radius 3 is 2.56 bits per heavy atom. The maximum atomic E-state index is 11.7. The fourth-order valence-electron chi connectivity index (χ4n) is 3.37.